The van der Waals surface area contributed by atoms with Gasteiger partial charge in [0.1, 0.15) is 18.1 Å². The molecule has 0 saturated carbocycles. The van der Waals surface area contributed by atoms with E-state index in [-0.39, 0.29) is 36.5 Å². The third-order valence-electron chi connectivity index (χ3n) is 3.56. The van der Waals surface area contributed by atoms with Crippen molar-refractivity contribution in [1.82, 2.24) is 0 Å². The fourth-order valence-electron chi connectivity index (χ4n) is 2.27. The molecule has 1 saturated heterocycles. The second-order valence-electron chi connectivity index (χ2n) is 5.31. The third-order valence-corrected chi connectivity index (χ3v) is 4.52. The van der Waals surface area contributed by atoms with Gasteiger partial charge in [-0.2, -0.15) is 0 Å². The zero-order chi connectivity index (χ0) is 16.2. The lowest BCUT2D eigenvalue weighted by Gasteiger charge is -2.43. The molecule has 0 radical (unpaired) electrons. The maximum Gasteiger partial charge on any atom is 0.303 e. The van der Waals surface area contributed by atoms with Crippen molar-refractivity contribution in [1.29, 1.82) is 5.41 Å². The Morgan fingerprint density at radius 3 is 2.24 bits per heavy atom. The van der Waals surface area contributed by atoms with Gasteiger partial charge in [-0.05, 0) is 12.8 Å². The zero-order valence-electron chi connectivity index (χ0n) is 13.0. The molecule has 1 heterocycles. The first-order chi connectivity index (χ1) is 9.72. The van der Waals surface area contributed by atoms with Crippen LogP contribution in [0.2, 0.25) is 0 Å². The Morgan fingerprint density at radius 2 is 1.76 bits per heavy atom. The molecule has 1 rings (SSSR count). The molecule has 21 heavy (non-hydrogen) atoms. The van der Waals surface area contributed by atoms with E-state index in [1.165, 1.54) is 25.6 Å². The topological polar surface area (TPSA) is 85.7 Å². The molecule has 0 aromatic rings. The molecular formula is C14H23NO5S. The van der Waals surface area contributed by atoms with Gasteiger partial charge in [0.2, 0.25) is 0 Å². The summed E-state index contributed by atoms with van der Waals surface area (Å²) in [6.07, 6.45) is -0.691. The number of hydrogen-bond acceptors (Lipinski definition) is 7. The highest BCUT2D eigenvalue weighted by molar-refractivity contribution is 8.14. The molecule has 1 N–H and O–H groups in total. The molecule has 6 nitrogen and oxygen atoms in total. The van der Waals surface area contributed by atoms with Crippen molar-refractivity contribution < 1.29 is 23.8 Å². The number of ether oxygens (including phenoxy) is 3. The van der Waals surface area contributed by atoms with Gasteiger partial charge in [0.25, 0.3) is 0 Å². The first-order valence-corrected chi connectivity index (χ1v) is 7.78. The molecule has 5 atom stereocenters. The van der Waals surface area contributed by atoms with Crippen molar-refractivity contribution in [2.24, 2.45) is 11.8 Å². The van der Waals surface area contributed by atoms with E-state index < -0.39 is 11.5 Å². The fourth-order valence-corrected chi connectivity index (χ4v) is 3.26. The second kappa shape index (κ2) is 7.79. The van der Waals surface area contributed by atoms with Crippen LogP contribution in [0.3, 0.4) is 0 Å². The van der Waals surface area contributed by atoms with E-state index >= 15 is 0 Å². The standard InChI is InChI=1S/C14H23NO5S/c1-7-8(2)13(19-11(5)17)14(21-9(3)15)20-12(7)6-18-10(4)16/h7-8,12-15H,6H2,1-5H3. The van der Waals surface area contributed by atoms with Gasteiger partial charge in [0, 0.05) is 19.8 Å². The SMILES string of the molecule is CC(=N)SC1OC(COC(C)=O)C(C)C(C)C1OC(C)=O. The van der Waals surface area contributed by atoms with Crippen molar-refractivity contribution in [3.05, 3.63) is 0 Å². The van der Waals surface area contributed by atoms with Crippen LogP contribution >= 0.6 is 11.8 Å². The molecular weight excluding hydrogens is 294 g/mol. The predicted octanol–water partition coefficient (Wildman–Crippen LogP) is 2.21. The summed E-state index contributed by atoms with van der Waals surface area (Å²) in [7, 11) is 0. The smallest absolute Gasteiger partial charge is 0.303 e. The maximum absolute atomic E-state index is 11.3. The van der Waals surface area contributed by atoms with Crippen molar-refractivity contribution in [2.45, 2.75) is 52.3 Å². The predicted molar refractivity (Wildman–Crippen MR) is 80.2 cm³/mol. The lowest BCUT2D eigenvalue weighted by molar-refractivity contribution is -0.184. The van der Waals surface area contributed by atoms with E-state index in [2.05, 4.69) is 0 Å². The number of rotatable bonds is 4. The molecule has 1 fully saturated rings. The average molecular weight is 317 g/mol. The number of hydrogen-bond donors (Lipinski definition) is 1. The fraction of sp³-hybridized carbons (Fsp3) is 0.786. The largest absolute Gasteiger partial charge is 0.463 e. The summed E-state index contributed by atoms with van der Waals surface area (Å²) >= 11 is 1.21. The van der Waals surface area contributed by atoms with Crippen LogP contribution in [0.1, 0.15) is 34.6 Å². The maximum atomic E-state index is 11.3. The van der Waals surface area contributed by atoms with E-state index in [4.69, 9.17) is 19.6 Å². The molecule has 0 amide bonds. The first kappa shape index (κ1) is 18.0. The number of nitrogens with one attached hydrogen (secondary N) is 1. The van der Waals surface area contributed by atoms with Crippen LogP contribution in [0.15, 0.2) is 0 Å². The van der Waals surface area contributed by atoms with Gasteiger partial charge in [0.05, 0.1) is 11.1 Å². The Bertz CT molecular complexity index is 412. The highest BCUT2D eigenvalue weighted by atomic mass is 32.2. The summed E-state index contributed by atoms with van der Waals surface area (Å²) in [5.74, 6) is -0.612. The minimum Gasteiger partial charge on any atom is -0.463 e. The summed E-state index contributed by atoms with van der Waals surface area (Å²) in [5, 5.41) is 7.99. The van der Waals surface area contributed by atoms with Crippen molar-refractivity contribution in [3.63, 3.8) is 0 Å². The molecule has 5 unspecified atom stereocenters. The van der Waals surface area contributed by atoms with E-state index in [1.807, 2.05) is 13.8 Å². The minimum atomic E-state index is -0.460. The van der Waals surface area contributed by atoms with Gasteiger partial charge in [0.15, 0.2) is 0 Å². The van der Waals surface area contributed by atoms with Gasteiger partial charge in [-0.3, -0.25) is 15.0 Å². The van der Waals surface area contributed by atoms with Crippen LogP contribution in [-0.4, -0.2) is 41.2 Å². The van der Waals surface area contributed by atoms with Gasteiger partial charge in [-0.25, -0.2) is 0 Å². The summed E-state index contributed by atoms with van der Waals surface area (Å²) in [4.78, 5) is 22.2. The van der Waals surface area contributed by atoms with Gasteiger partial charge >= 0.3 is 11.9 Å². The molecule has 0 spiro atoms. The van der Waals surface area contributed by atoms with E-state index in [0.29, 0.717) is 5.04 Å². The lowest BCUT2D eigenvalue weighted by Crippen LogP contribution is -2.51. The molecule has 1 aliphatic heterocycles. The molecule has 7 heteroatoms. The van der Waals surface area contributed by atoms with Crippen molar-refractivity contribution >= 4 is 28.7 Å². The summed E-state index contributed by atoms with van der Waals surface area (Å²) in [6, 6.07) is 0. The number of thioether (sulfide) groups is 1. The van der Waals surface area contributed by atoms with E-state index in [1.54, 1.807) is 6.92 Å². The normalized spacial score (nSPS) is 32.3. The van der Waals surface area contributed by atoms with Crippen LogP contribution in [0, 0.1) is 17.2 Å². The number of esters is 2. The summed E-state index contributed by atoms with van der Waals surface area (Å²) in [5.41, 5.74) is -0.460. The Hall–Kier alpha value is -1.08. The quantitative estimate of drug-likeness (QED) is 0.486. The molecule has 1 aliphatic rings. The van der Waals surface area contributed by atoms with Crippen LogP contribution in [-0.2, 0) is 23.8 Å². The summed E-state index contributed by atoms with van der Waals surface area (Å²) < 4.78 is 16.3. The van der Waals surface area contributed by atoms with Crippen molar-refractivity contribution in [2.75, 3.05) is 6.61 Å². The Labute approximate surface area is 129 Å². The van der Waals surface area contributed by atoms with Gasteiger partial charge in [-0.1, -0.05) is 25.6 Å². The van der Waals surface area contributed by atoms with E-state index in [0.717, 1.165) is 0 Å². The van der Waals surface area contributed by atoms with Gasteiger partial charge < -0.3 is 14.2 Å². The Balaban J connectivity index is 2.84. The van der Waals surface area contributed by atoms with Crippen LogP contribution < -0.4 is 0 Å². The van der Waals surface area contributed by atoms with Crippen molar-refractivity contribution in [3.8, 4) is 0 Å². The zero-order valence-corrected chi connectivity index (χ0v) is 13.9. The molecule has 0 aromatic carbocycles. The summed E-state index contributed by atoms with van der Waals surface area (Å²) in [6.45, 7) is 8.50. The molecule has 120 valence electrons. The van der Waals surface area contributed by atoms with Gasteiger partial charge in [-0.15, -0.1) is 0 Å². The number of carbonyl (C=O) groups excluding carboxylic acids is 2. The monoisotopic (exact) mass is 317 g/mol. The first-order valence-electron chi connectivity index (χ1n) is 6.90. The van der Waals surface area contributed by atoms with Crippen LogP contribution in [0.25, 0.3) is 0 Å². The molecule has 0 aliphatic carbocycles. The second-order valence-corrected chi connectivity index (χ2v) is 6.62. The highest BCUT2D eigenvalue weighted by Gasteiger charge is 2.44. The van der Waals surface area contributed by atoms with E-state index in [9.17, 15) is 9.59 Å². The average Bonchev–Trinajstić information content (AvgIpc) is 2.35. The van der Waals surface area contributed by atoms with Crippen LogP contribution in [0.4, 0.5) is 0 Å². The van der Waals surface area contributed by atoms with Crippen LogP contribution in [0.5, 0.6) is 0 Å². The third kappa shape index (κ3) is 5.32. The lowest BCUT2D eigenvalue weighted by atomic mass is 9.84. The Morgan fingerprint density at radius 1 is 1.14 bits per heavy atom. The highest BCUT2D eigenvalue weighted by Crippen LogP contribution is 2.37. The molecule has 0 aromatic heterocycles. The molecule has 0 bridgehead atoms. The minimum absolute atomic E-state index is 0.0417. The number of carbonyl (C=O) groups is 2. The Kier molecular flexibility index (Phi) is 6.67.